The van der Waals surface area contributed by atoms with Crippen LogP contribution in [0.4, 0.5) is 4.79 Å². The molecule has 1 aliphatic carbocycles. The topological polar surface area (TPSA) is 83.4 Å². The lowest BCUT2D eigenvalue weighted by Crippen LogP contribution is -2.42. The van der Waals surface area contributed by atoms with Crippen LogP contribution < -0.4 is 5.32 Å². The molecule has 2 unspecified atom stereocenters. The Bertz CT molecular complexity index is 617. The Balaban J connectivity index is 2.55. The highest BCUT2D eigenvalue weighted by molar-refractivity contribution is 6.43. The van der Waals surface area contributed by atoms with Crippen molar-refractivity contribution < 1.29 is 14.4 Å². The van der Waals surface area contributed by atoms with Crippen LogP contribution in [0, 0.1) is 11.3 Å². The molecular formula is C15H21ClN4O3. The number of nitrogens with one attached hydrogen (secondary N) is 1. The summed E-state index contributed by atoms with van der Waals surface area (Å²) in [6.45, 7) is 6.08. The molecule has 0 radical (unpaired) electrons. The molecule has 2 atom stereocenters. The molecule has 0 aromatic rings. The fourth-order valence-corrected chi connectivity index (χ4v) is 2.88. The Morgan fingerprint density at radius 2 is 2.09 bits per heavy atom. The van der Waals surface area contributed by atoms with Crippen LogP contribution in [0.1, 0.15) is 20.8 Å². The summed E-state index contributed by atoms with van der Waals surface area (Å²) in [5, 5.41) is 10.5. The van der Waals surface area contributed by atoms with Gasteiger partial charge in [0.2, 0.25) is 0 Å². The molecule has 8 heteroatoms. The summed E-state index contributed by atoms with van der Waals surface area (Å²) < 4.78 is 0. The van der Waals surface area contributed by atoms with E-state index < -0.39 is 17.4 Å². The van der Waals surface area contributed by atoms with Gasteiger partial charge < -0.3 is 15.1 Å². The Morgan fingerprint density at radius 1 is 1.43 bits per heavy atom. The second-order valence-electron chi connectivity index (χ2n) is 6.86. The third-order valence-electron chi connectivity index (χ3n) is 3.74. The van der Waals surface area contributed by atoms with E-state index in [0.29, 0.717) is 11.3 Å². The van der Waals surface area contributed by atoms with E-state index in [1.54, 1.807) is 14.1 Å². The van der Waals surface area contributed by atoms with Crippen molar-refractivity contribution in [1.29, 1.82) is 0 Å². The maximum Gasteiger partial charge on any atom is 0.321 e. The van der Waals surface area contributed by atoms with Gasteiger partial charge in [0, 0.05) is 25.1 Å². The molecule has 1 heterocycles. The summed E-state index contributed by atoms with van der Waals surface area (Å²) in [5.74, 6) is -0.692. The average Bonchev–Trinajstić information content (AvgIpc) is 2.94. The van der Waals surface area contributed by atoms with Crippen LogP contribution in [0.15, 0.2) is 32.8 Å². The predicted molar refractivity (Wildman–Crippen MR) is 85.7 cm³/mol. The second-order valence-corrected chi connectivity index (χ2v) is 7.27. The van der Waals surface area contributed by atoms with Crippen molar-refractivity contribution in [3.05, 3.63) is 22.4 Å². The number of Topliss-reactive ketones (excluding diaryl/α,β-unsaturated/α-hetero) is 1. The van der Waals surface area contributed by atoms with Crippen molar-refractivity contribution in [3.8, 4) is 0 Å². The van der Waals surface area contributed by atoms with Crippen LogP contribution in [0.25, 0.3) is 0 Å². The minimum Gasteiger partial charge on any atom is -0.377 e. The summed E-state index contributed by atoms with van der Waals surface area (Å²) in [7, 11) is 3.27. The zero-order chi connectivity index (χ0) is 17.4. The molecule has 2 rings (SSSR count). The van der Waals surface area contributed by atoms with Gasteiger partial charge >= 0.3 is 6.03 Å². The van der Waals surface area contributed by atoms with E-state index in [2.05, 4.69) is 15.7 Å². The highest BCUT2D eigenvalue weighted by Crippen LogP contribution is 2.42. The lowest BCUT2D eigenvalue weighted by atomic mass is 9.69. The van der Waals surface area contributed by atoms with Crippen molar-refractivity contribution in [3.63, 3.8) is 0 Å². The summed E-state index contributed by atoms with van der Waals surface area (Å²) in [4.78, 5) is 31.1. The summed E-state index contributed by atoms with van der Waals surface area (Å²) in [6.07, 6.45) is 1.48. The molecule has 23 heavy (non-hydrogen) atoms. The average molecular weight is 341 g/mol. The molecule has 2 amide bonds. The van der Waals surface area contributed by atoms with Crippen LogP contribution in [0.3, 0.4) is 0 Å². The largest absolute Gasteiger partial charge is 0.377 e. The smallest absolute Gasteiger partial charge is 0.321 e. The third kappa shape index (κ3) is 3.55. The Morgan fingerprint density at radius 3 is 2.57 bits per heavy atom. The van der Waals surface area contributed by atoms with Crippen molar-refractivity contribution >= 4 is 23.4 Å². The number of urea groups is 1. The summed E-state index contributed by atoms with van der Waals surface area (Å²) in [6, 6.07) is -0.724. The summed E-state index contributed by atoms with van der Waals surface area (Å²) in [5.41, 5.74) is 0.776. The van der Waals surface area contributed by atoms with E-state index in [1.807, 2.05) is 20.8 Å². The molecule has 0 aromatic carbocycles. The van der Waals surface area contributed by atoms with E-state index in [4.69, 9.17) is 16.4 Å². The fraction of sp³-hybridized carbons (Fsp3) is 0.600. The molecule has 2 aliphatic rings. The van der Waals surface area contributed by atoms with Gasteiger partial charge in [-0.2, -0.15) is 0 Å². The standard InChI is InChI=1S/C15H21ClN4O3/c1-15(2,3)12-11(10-7-23-19-18-10)9(6-8(16)13(12)21)17-14(22)20(4)5/h6,10,12H,7H2,1-5H3,(H,17,22). The number of carbonyl (C=O) groups excluding carboxylic acids is 2. The van der Waals surface area contributed by atoms with Gasteiger partial charge in [-0.05, 0) is 17.1 Å². The SMILES string of the molecule is CN(C)C(=O)NC1=C(C2CON=N2)C(C(C)(C)C)C(=O)C(Cl)=C1. The quantitative estimate of drug-likeness (QED) is 0.838. The molecular weight excluding hydrogens is 320 g/mol. The monoisotopic (exact) mass is 340 g/mol. The minimum absolute atomic E-state index is 0.0959. The van der Waals surface area contributed by atoms with Crippen LogP contribution in [-0.4, -0.2) is 43.5 Å². The van der Waals surface area contributed by atoms with Gasteiger partial charge in [0.1, 0.15) is 12.6 Å². The van der Waals surface area contributed by atoms with Crippen LogP contribution in [0.5, 0.6) is 0 Å². The van der Waals surface area contributed by atoms with Gasteiger partial charge in [-0.1, -0.05) is 32.4 Å². The molecule has 0 aromatic heterocycles. The number of allylic oxidation sites excluding steroid dienone is 2. The molecule has 0 bridgehead atoms. The predicted octanol–water partition coefficient (Wildman–Crippen LogP) is 2.65. The van der Waals surface area contributed by atoms with Gasteiger partial charge in [-0.25, -0.2) is 4.79 Å². The van der Waals surface area contributed by atoms with Crippen LogP contribution >= 0.6 is 11.6 Å². The first-order valence-electron chi connectivity index (χ1n) is 7.29. The minimum atomic E-state index is -0.511. The Labute approximate surface area is 140 Å². The third-order valence-corrected chi connectivity index (χ3v) is 4.04. The Kier molecular flexibility index (Phi) is 4.79. The zero-order valence-electron chi connectivity index (χ0n) is 13.9. The number of amides is 2. The zero-order valence-corrected chi connectivity index (χ0v) is 14.6. The van der Waals surface area contributed by atoms with Crippen LogP contribution in [0.2, 0.25) is 0 Å². The maximum absolute atomic E-state index is 12.6. The molecule has 0 fully saturated rings. The van der Waals surface area contributed by atoms with Crippen molar-refractivity contribution in [2.75, 3.05) is 20.7 Å². The molecule has 1 aliphatic heterocycles. The highest BCUT2D eigenvalue weighted by atomic mass is 35.5. The van der Waals surface area contributed by atoms with Crippen LogP contribution in [-0.2, 0) is 9.63 Å². The van der Waals surface area contributed by atoms with Gasteiger partial charge in [0.15, 0.2) is 5.78 Å². The first-order valence-corrected chi connectivity index (χ1v) is 7.66. The first kappa shape index (κ1) is 17.5. The number of rotatable bonds is 2. The normalized spacial score (nSPS) is 24.4. The number of carbonyl (C=O) groups is 2. The van der Waals surface area contributed by atoms with E-state index in [1.165, 1.54) is 11.0 Å². The molecule has 0 saturated heterocycles. The lowest BCUT2D eigenvalue weighted by molar-refractivity contribution is -0.120. The molecule has 0 saturated carbocycles. The van der Waals surface area contributed by atoms with Gasteiger partial charge in [0.25, 0.3) is 0 Å². The molecule has 126 valence electrons. The molecule has 1 N–H and O–H groups in total. The second kappa shape index (κ2) is 6.31. The number of halogens is 1. The van der Waals surface area contributed by atoms with E-state index in [-0.39, 0.29) is 23.5 Å². The lowest BCUT2D eigenvalue weighted by Gasteiger charge is -2.36. The molecule has 7 nitrogen and oxygen atoms in total. The van der Waals surface area contributed by atoms with Crippen molar-refractivity contribution in [2.24, 2.45) is 21.7 Å². The summed E-state index contributed by atoms with van der Waals surface area (Å²) >= 11 is 6.12. The van der Waals surface area contributed by atoms with Gasteiger partial charge in [0.05, 0.1) is 11.0 Å². The van der Waals surface area contributed by atoms with Gasteiger partial charge in [-0.3, -0.25) is 4.79 Å². The number of hydrogen-bond acceptors (Lipinski definition) is 5. The first-order chi connectivity index (χ1) is 10.6. The highest BCUT2D eigenvalue weighted by Gasteiger charge is 2.43. The van der Waals surface area contributed by atoms with E-state index in [0.717, 1.165) is 0 Å². The van der Waals surface area contributed by atoms with E-state index >= 15 is 0 Å². The number of nitrogens with zero attached hydrogens (tertiary/aromatic N) is 3. The van der Waals surface area contributed by atoms with Crippen molar-refractivity contribution in [2.45, 2.75) is 26.8 Å². The van der Waals surface area contributed by atoms with Gasteiger partial charge in [-0.15, -0.1) is 5.11 Å². The van der Waals surface area contributed by atoms with E-state index in [9.17, 15) is 9.59 Å². The fourth-order valence-electron chi connectivity index (χ4n) is 2.66. The number of ketones is 1. The molecule has 0 spiro atoms. The maximum atomic E-state index is 12.6. The van der Waals surface area contributed by atoms with Crippen molar-refractivity contribution in [1.82, 2.24) is 10.2 Å². The number of hydrogen-bond donors (Lipinski definition) is 1. The Hall–Kier alpha value is -1.89.